The number of H-pyrrole nitrogens is 1. The molecule has 4 aliphatic rings. The molecule has 2 aromatic carbocycles. The number of halogens is 1. The Bertz CT molecular complexity index is 3040. The van der Waals surface area contributed by atoms with E-state index in [4.69, 9.17) is 45.5 Å². The zero-order valence-corrected chi connectivity index (χ0v) is 45.0. The predicted molar refractivity (Wildman–Crippen MR) is 279 cm³/mol. The van der Waals surface area contributed by atoms with Crippen LogP contribution in [0.15, 0.2) is 48.5 Å². The number of nitrogens with zero attached hydrogens (tertiary/aromatic N) is 9. The van der Waals surface area contributed by atoms with Crippen LogP contribution in [-0.2, 0) is 38.6 Å². The lowest BCUT2D eigenvalue weighted by Gasteiger charge is -2.41. The number of sulfone groups is 2. The normalized spacial score (nSPS) is 17.7. The third-order valence-electron chi connectivity index (χ3n) is 12.5. The quantitative estimate of drug-likeness (QED) is 0.125. The van der Waals surface area contributed by atoms with Gasteiger partial charge in [-0.1, -0.05) is 38.1 Å². The van der Waals surface area contributed by atoms with Gasteiger partial charge >= 0.3 is 0 Å². The Morgan fingerprint density at radius 3 is 1.70 bits per heavy atom. The predicted octanol–water partition coefficient (Wildman–Crippen LogP) is 6.93. The van der Waals surface area contributed by atoms with Crippen molar-refractivity contribution in [2.45, 2.75) is 103 Å². The van der Waals surface area contributed by atoms with Crippen LogP contribution < -0.4 is 29.9 Å². The van der Waals surface area contributed by atoms with E-state index in [-0.39, 0.29) is 23.4 Å². The molecule has 4 aromatic heterocycles. The SMILES string of the molecule is CC.CC(C)(c1nc(Cl)nc2c1OC[C@@H]1COCCN21)S(C)(=O)=O.CC(C)Nc1nc2ccccc2[nH]1.CC(C)Nc1nc2ccccc2n1-c1nc2c(c(C(C)(C)S(C)(=O)=O)n1)OC[C@@H]1COCCN21. The summed E-state index contributed by atoms with van der Waals surface area (Å²) in [4.78, 5) is 34.7. The highest BCUT2D eigenvalue weighted by Crippen LogP contribution is 2.45. The van der Waals surface area contributed by atoms with Crippen molar-refractivity contribution in [1.82, 2.24) is 39.5 Å². The molecule has 0 bridgehead atoms. The molecule has 0 radical (unpaired) electrons. The standard InChI is InChI=1S/C23H30N6O4S.C13H18ClN3O4S.C10H13N3.C2H6/c1-14(2)24-21-25-16-8-6-7-9-17(16)29(21)22-26-19(23(3,4)34(5,30)31)18-20(27-22)28-10-11-32-12-15(28)13-33-18;1-13(2,22(3,18)19)10-9-11(16-12(14)15-10)17-4-5-20-6-8(17)7-21-9;1-7(2)11-10-12-8-5-3-4-6-9(8)13-10;1-2/h6-9,14-15H,10-13H2,1-5H3,(H,24,25);8H,4-7H2,1-3H3;3-7H,1-2H3,(H2,11,12,13);1-2H3/t15-;8-;;/m00../s1. The summed E-state index contributed by atoms with van der Waals surface area (Å²) in [5.74, 6) is 3.73. The summed E-state index contributed by atoms with van der Waals surface area (Å²) in [6.45, 7) is 23.1. The average molecular weight is 1040 g/mol. The molecule has 4 aliphatic heterocycles. The van der Waals surface area contributed by atoms with Gasteiger partial charge in [0.1, 0.15) is 34.1 Å². The first kappa shape index (κ1) is 53.3. The molecule has 20 nitrogen and oxygen atoms in total. The van der Waals surface area contributed by atoms with E-state index in [0.29, 0.717) is 105 Å². The van der Waals surface area contributed by atoms with Crippen molar-refractivity contribution < 1.29 is 35.8 Å². The summed E-state index contributed by atoms with van der Waals surface area (Å²) in [6, 6.07) is 16.3. The topological polar surface area (TPSA) is 234 Å². The molecule has 0 spiro atoms. The highest BCUT2D eigenvalue weighted by molar-refractivity contribution is 7.91. The fraction of sp³-hybridized carbons (Fsp3) is 0.542. The van der Waals surface area contributed by atoms with Gasteiger partial charge in [-0.2, -0.15) is 9.97 Å². The van der Waals surface area contributed by atoms with Gasteiger partial charge in [-0.25, -0.2) is 41.3 Å². The second-order valence-corrected chi connectivity index (χ2v) is 24.5. The van der Waals surface area contributed by atoms with Crippen LogP contribution in [0, 0.1) is 0 Å². The monoisotopic (exact) mass is 1040 g/mol. The van der Waals surface area contributed by atoms with Crippen LogP contribution in [0.3, 0.4) is 0 Å². The summed E-state index contributed by atoms with van der Waals surface area (Å²) < 4.78 is 72.3. The van der Waals surface area contributed by atoms with Crippen LogP contribution >= 0.6 is 11.6 Å². The number of hydrogen-bond donors (Lipinski definition) is 3. The summed E-state index contributed by atoms with van der Waals surface area (Å²) in [6.07, 6.45) is 2.40. The molecule has 2 atom stereocenters. The smallest absolute Gasteiger partial charge is 0.239 e. The number of rotatable bonds is 9. The molecule has 2 saturated heterocycles. The number of imidazole rings is 2. The van der Waals surface area contributed by atoms with Crippen LogP contribution in [0.2, 0.25) is 5.28 Å². The van der Waals surface area contributed by atoms with E-state index in [2.05, 4.69) is 54.2 Å². The number of aromatic nitrogens is 8. The van der Waals surface area contributed by atoms with Crippen LogP contribution in [-0.4, -0.2) is 146 Å². The molecule has 0 unspecified atom stereocenters. The van der Waals surface area contributed by atoms with E-state index in [1.807, 2.05) is 80.8 Å². The lowest BCUT2D eigenvalue weighted by Crippen LogP contribution is -2.52. The minimum absolute atomic E-state index is 0.00554. The van der Waals surface area contributed by atoms with Crippen molar-refractivity contribution in [2.24, 2.45) is 0 Å². The van der Waals surface area contributed by atoms with Crippen molar-refractivity contribution in [2.75, 3.05) is 85.7 Å². The molecule has 386 valence electrons. The Morgan fingerprint density at radius 1 is 0.662 bits per heavy atom. The molecular weight excluding hydrogens is 972 g/mol. The van der Waals surface area contributed by atoms with E-state index < -0.39 is 29.2 Å². The van der Waals surface area contributed by atoms with Gasteiger partial charge in [0.05, 0.1) is 60.6 Å². The average Bonchev–Trinajstić information content (AvgIpc) is 3.90. The van der Waals surface area contributed by atoms with Gasteiger partial charge in [-0.3, -0.25) is 0 Å². The maximum Gasteiger partial charge on any atom is 0.239 e. The number of morpholine rings is 2. The molecular formula is C48H67ClN12O8S2. The number of anilines is 4. The molecule has 6 aromatic rings. The van der Waals surface area contributed by atoms with Crippen LogP contribution in [0.1, 0.15) is 80.6 Å². The molecule has 3 N–H and O–H groups in total. The third-order valence-corrected chi connectivity index (χ3v) is 16.7. The van der Waals surface area contributed by atoms with E-state index in [9.17, 15) is 16.8 Å². The summed E-state index contributed by atoms with van der Waals surface area (Å²) in [7, 11) is -6.94. The zero-order chi connectivity index (χ0) is 51.6. The maximum atomic E-state index is 12.9. The van der Waals surface area contributed by atoms with Gasteiger partial charge in [-0.05, 0) is 91.3 Å². The number of ether oxygens (including phenoxy) is 4. The number of benzene rings is 2. The molecule has 71 heavy (non-hydrogen) atoms. The van der Waals surface area contributed by atoms with Crippen molar-refractivity contribution in [3.63, 3.8) is 0 Å². The molecule has 2 fully saturated rings. The maximum absolute atomic E-state index is 12.9. The Labute approximate surface area is 421 Å². The number of fused-ring (bicyclic) bond motifs is 8. The first-order valence-corrected chi connectivity index (χ1v) is 28.0. The van der Waals surface area contributed by atoms with Crippen LogP contribution in [0.4, 0.5) is 23.5 Å². The number of nitrogens with one attached hydrogen (secondary N) is 3. The van der Waals surface area contributed by atoms with Gasteiger partial charge in [0.2, 0.25) is 23.1 Å². The fourth-order valence-electron chi connectivity index (χ4n) is 8.14. The molecule has 10 rings (SSSR count). The number of para-hydroxylation sites is 4. The fourth-order valence-corrected chi connectivity index (χ4v) is 9.29. The van der Waals surface area contributed by atoms with Crippen LogP contribution in [0.25, 0.3) is 28.0 Å². The lowest BCUT2D eigenvalue weighted by atomic mass is 10.1. The number of hydrogen-bond acceptors (Lipinski definition) is 18. The zero-order valence-electron chi connectivity index (χ0n) is 42.6. The van der Waals surface area contributed by atoms with E-state index in [1.54, 1.807) is 27.7 Å². The molecule has 0 amide bonds. The van der Waals surface area contributed by atoms with Crippen LogP contribution in [0.5, 0.6) is 11.5 Å². The van der Waals surface area contributed by atoms with Gasteiger partial charge in [0.15, 0.2) is 42.8 Å². The van der Waals surface area contributed by atoms with E-state index >= 15 is 0 Å². The van der Waals surface area contributed by atoms with Gasteiger partial charge in [0, 0.05) is 37.7 Å². The minimum Gasteiger partial charge on any atom is -0.486 e. The molecule has 8 heterocycles. The summed E-state index contributed by atoms with van der Waals surface area (Å²) in [5, 5.41) is 6.62. The largest absolute Gasteiger partial charge is 0.486 e. The highest BCUT2D eigenvalue weighted by atomic mass is 35.5. The third kappa shape index (κ3) is 11.1. The van der Waals surface area contributed by atoms with Crippen molar-refractivity contribution in [3.05, 3.63) is 65.2 Å². The highest BCUT2D eigenvalue weighted by Gasteiger charge is 2.44. The van der Waals surface area contributed by atoms with Crippen molar-refractivity contribution >= 4 is 76.9 Å². The van der Waals surface area contributed by atoms with Gasteiger partial charge in [0.25, 0.3) is 0 Å². The van der Waals surface area contributed by atoms with Gasteiger partial charge in [-0.15, -0.1) is 0 Å². The lowest BCUT2D eigenvalue weighted by molar-refractivity contribution is 0.0690. The Hall–Kier alpha value is -5.55. The Balaban J connectivity index is 0.000000171. The second-order valence-electron chi connectivity index (χ2n) is 19.0. The molecule has 0 aliphatic carbocycles. The summed E-state index contributed by atoms with van der Waals surface area (Å²) in [5.41, 5.74) is 4.33. The minimum atomic E-state index is -3.53. The Kier molecular flexibility index (Phi) is 16.0. The van der Waals surface area contributed by atoms with Crippen molar-refractivity contribution in [3.8, 4) is 17.4 Å². The second kappa shape index (κ2) is 21.3. The van der Waals surface area contributed by atoms with E-state index in [0.717, 1.165) is 28.0 Å². The first-order valence-electron chi connectivity index (χ1n) is 23.8. The van der Waals surface area contributed by atoms with Crippen molar-refractivity contribution in [1.29, 1.82) is 0 Å². The number of aromatic amines is 1. The Morgan fingerprint density at radius 2 is 1.17 bits per heavy atom. The summed E-state index contributed by atoms with van der Waals surface area (Å²) >= 11 is 6.04. The molecule has 23 heteroatoms. The van der Waals surface area contributed by atoms with Gasteiger partial charge < -0.3 is 44.4 Å². The van der Waals surface area contributed by atoms with E-state index in [1.165, 1.54) is 12.5 Å². The first-order chi connectivity index (χ1) is 33.5. The molecule has 0 saturated carbocycles.